The monoisotopic (exact) mass is 354 g/mol. The van der Waals surface area contributed by atoms with Crippen molar-refractivity contribution in [1.82, 2.24) is 9.80 Å². The Morgan fingerprint density at radius 2 is 1.60 bits per heavy atom. The van der Waals surface area contributed by atoms with Crippen LogP contribution >= 0.6 is 0 Å². The number of aldehydes is 1. The molecule has 25 heavy (non-hydrogen) atoms. The summed E-state index contributed by atoms with van der Waals surface area (Å²) in [5.74, 6) is 0.367. The lowest BCUT2D eigenvalue weighted by atomic mass is 10.1. The molecule has 1 aromatic rings. The Morgan fingerprint density at radius 3 is 1.96 bits per heavy atom. The van der Waals surface area contributed by atoms with Crippen molar-refractivity contribution in [2.45, 2.75) is 27.7 Å². The quantitative estimate of drug-likeness (QED) is 0.367. The van der Waals surface area contributed by atoms with Crippen molar-refractivity contribution in [3.63, 3.8) is 0 Å². The molecule has 1 rings (SSSR count). The highest BCUT2D eigenvalue weighted by Crippen LogP contribution is 2.15. The minimum atomic E-state index is 0.367. The SMILES string of the molecule is CC.CC.CN(C)CCN(C)C(=N)c1ccc(C=O)cc1N.COC. The van der Waals surface area contributed by atoms with Gasteiger partial charge in [0.15, 0.2) is 0 Å². The highest BCUT2D eigenvalue weighted by Gasteiger charge is 2.11. The van der Waals surface area contributed by atoms with E-state index in [2.05, 4.69) is 9.64 Å². The van der Waals surface area contributed by atoms with Crippen molar-refractivity contribution in [2.75, 3.05) is 54.2 Å². The minimum Gasteiger partial charge on any atom is -0.398 e. The zero-order chi connectivity index (χ0) is 20.4. The predicted octanol–water partition coefficient (Wildman–Crippen LogP) is 3.22. The average molecular weight is 355 g/mol. The van der Waals surface area contributed by atoms with E-state index in [-0.39, 0.29) is 0 Å². The number of carbonyl (C=O) groups is 1. The summed E-state index contributed by atoms with van der Waals surface area (Å²) in [4.78, 5) is 14.5. The molecule has 0 aliphatic heterocycles. The summed E-state index contributed by atoms with van der Waals surface area (Å²) < 4.78 is 4.25. The Morgan fingerprint density at radius 1 is 1.12 bits per heavy atom. The first kappa shape index (κ1) is 27.9. The van der Waals surface area contributed by atoms with Crippen molar-refractivity contribution in [2.24, 2.45) is 0 Å². The van der Waals surface area contributed by atoms with Crippen LogP contribution in [0, 0.1) is 5.41 Å². The molecular weight excluding hydrogens is 316 g/mol. The molecule has 6 heteroatoms. The molecule has 146 valence electrons. The number of ether oxygens (including phenoxy) is 1. The van der Waals surface area contributed by atoms with Crippen molar-refractivity contribution < 1.29 is 9.53 Å². The van der Waals surface area contributed by atoms with Gasteiger partial charge in [-0.15, -0.1) is 0 Å². The normalized spacial score (nSPS) is 8.72. The van der Waals surface area contributed by atoms with Gasteiger partial charge in [0.1, 0.15) is 12.1 Å². The molecule has 0 heterocycles. The standard InChI is InChI=1S/C13H20N4O.C2H6O.2C2H6/c1-16(2)6-7-17(3)13(15)11-5-4-10(9-18)8-12(11)14;1-3-2;2*1-2/h4-5,8-9,15H,6-7,14H2,1-3H3;1-2H3;2*1-2H3. The molecule has 0 fully saturated rings. The van der Waals surface area contributed by atoms with E-state index in [1.54, 1.807) is 32.4 Å². The van der Waals surface area contributed by atoms with Crippen LogP contribution < -0.4 is 5.73 Å². The van der Waals surface area contributed by atoms with Gasteiger partial charge in [-0.3, -0.25) is 10.2 Å². The summed E-state index contributed by atoms with van der Waals surface area (Å²) in [6.07, 6.45) is 0.750. The van der Waals surface area contributed by atoms with Gasteiger partial charge < -0.3 is 20.3 Å². The number of likely N-dealkylation sites (N-methyl/N-ethyl adjacent to an activating group) is 2. The zero-order valence-corrected chi connectivity index (χ0v) is 17.5. The minimum absolute atomic E-state index is 0.367. The Bertz CT molecular complexity index is 463. The number of nitrogens with zero attached hydrogens (tertiary/aromatic N) is 2. The van der Waals surface area contributed by atoms with Crippen LogP contribution in [0.15, 0.2) is 18.2 Å². The molecule has 0 aliphatic carbocycles. The van der Waals surface area contributed by atoms with E-state index in [1.807, 2.05) is 53.7 Å². The molecule has 0 atom stereocenters. The summed E-state index contributed by atoms with van der Waals surface area (Å²) in [5.41, 5.74) is 7.50. The average Bonchev–Trinajstić information content (AvgIpc) is 2.63. The summed E-state index contributed by atoms with van der Waals surface area (Å²) >= 11 is 0. The van der Waals surface area contributed by atoms with Crippen LogP contribution in [0.3, 0.4) is 0 Å². The second-order valence-electron chi connectivity index (χ2n) is 4.95. The van der Waals surface area contributed by atoms with Gasteiger partial charge >= 0.3 is 0 Å². The van der Waals surface area contributed by atoms with Gasteiger partial charge in [-0.1, -0.05) is 33.8 Å². The molecule has 0 bridgehead atoms. The zero-order valence-electron chi connectivity index (χ0n) is 17.5. The molecule has 0 spiro atoms. The Hall–Kier alpha value is -1.92. The van der Waals surface area contributed by atoms with Crippen LogP contribution in [0.5, 0.6) is 0 Å². The van der Waals surface area contributed by atoms with Crippen LogP contribution in [0.2, 0.25) is 0 Å². The fraction of sp³-hybridized carbons (Fsp3) is 0.579. The lowest BCUT2D eigenvalue weighted by Gasteiger charge is -2.23. The van der Waals surface area contributed by atoms with Crippen LogP contribution in [0.1, 0.15) is 43.6 Å². The third-order valence-corrected chi connectivity index (χ3v) is 2.73. The van der Waals surface area contributed by atoms with E-state index < -0.39 is 0 Å². The van der Waals surface area contributed by atoms with Crippen molar-refractivity contribution in [1.29, 1.82) is 5.41 Å². The van der Waals surface area contributed by atoms with Gasteiger partial charge in [-0.2, -0.15) is 0 Å². The third kappa shape index (κ3) is 13.1. The molecular formula is C19H38N4O2. The molecule has 0 unspecified atom stereocenters. The lowest BCUT2D eigenvalue weighted by Crippen LogP contribution is -2.33. The highest BCUT2D eigenvalue weighted by atomic mass is 16.4. The fourth-order valence-corrected chi connectivity index (χ4v) is 1.54. The first-order chi connectivity index (χ1) is 11.9. The lowest BCUT2D eigenvalue weighted by molar-refractivity contribution is 0.112. The largest absolute Gasteiger partial charge is 0.398 e. The highest BCUT2D eigenvalue weighted by molar-refractivity contribution is 6.01. The maximum Gasteiger partial charge on any atom is 0.150 e. The smallest absolute Gasteiger partial charge is 0.150 e. The number of hydrogen-bond acceptors (Lipinski definition) is 5. The van der Waals surface area contributed by atoms with Crippen LogP contribution in [0.4, 0.5) is 5.69 Å². The number of nitrogens with one attached hydrogen (secondary N) is 1. The van der Waals surface area contributed by atoms with Crippen LogP contribution in [-0.4, -0.2) is 70.4 Å². The molecule has 1 aromatic carbocycles. The molecule has 0 saturated heterocycles. The van der Waals surface area contributed by atoms with Crippen molar-refractivity contribution in [3.05, 3.63) is 29.3 Å². The van der Waals surface area contributed by atoms with Crippen LogP contribution in [-0.2, 0) is 4.74 Å². The summed E-state index contributed by atoms with van der Waals surface area (Å²) in [6.45, 7) is 9.62. The Kier molecular flexibility index (Phi) is 20.6. The number of methoxy groups -OCH3 is 1. The topological polar surface area (TPSA) is 82.7 Å². The van der Waals surface area contributed by atoms with Gasteiger partial charge in [0, 0.05) is 51.2 Å². The van der Waals surface area contributed by atoms with E-state index in [4.69, 9.17) is 11.1 Å². The third-order valence-electron chi connectivity index (χ3n) is 2.73. The van der Waals surface area contributed by atoms with Gasteiger partial charge in [0.2, 0.25) is 0 Å². The number of rotatable bonds is 5. The van der Waals surface area contributed by atoms with Gasteiger partial charge in [0.05, 0.1) is 0 Å². The number of carbonyl (C=O) groups excluding carboxylic acids is 1. The van der Waals surface area contributed by atoms with Gasteiger partial charge in [-0.25, -0.2) is 0 Å². The number of nitrogen functional groups attached to an aromatic ring is 1. The fourth-order valence-electron chi connectivity index (χ4n) is 1.54. The van der Waals surface area contributed by atoms with Crippen molar-refractivity contribution in [3.8, 4) is 0 Å². The first-order valence-corrected chi connectivity index (χ1v) is 8.57. The van der Waals surface area contributed by atoms with Crippen molar-refractivity contribution >= 4 is 17.8 Å². The Balaban J connectivity index is -0.000000605. The first-order valence-electron chi connectivity index (χ1n) is 8.57. The molecule has 0 amide bonds. The number of nitrogens with two attached hydrogens (primary N) is 1. The summed E-state index contributed by atoms with van der Waals surface area (Å²) in [7, 11) is 9.09. The maximum absolute atomic E-state index is 10.6. The van der Waals surface area contributed by atoms with Crippen LogP contribution in [0.25, 0.3) is 0 Å². The molecule has 3 N–H and O–H groups in total. The summed E-state index contributed by atoms with van der Waals surface area (Å²) in [6, 6.07) is 4.98. The predicted molar refractivity (Wildman–Crippen MR) is 110 cm³/mol. The van der Waals surface area contributed by atoms with E-state index in [0.29, 0.717) is 22.6 Å². The number of anilines is 1. The summed E-state index contributed by atoms with van der Waals surface area (Å²) in [5, 5.41) is 8.09. The van der Waals surface area contributed by atoms with Gasteiger partial charge in [0.25, 0.3) is 0 Å². The second-order valence-corrected chi connectivity index (χ2v) is 4.95. The van der Waals surface area contributed by atoms with E-state index in [0.717, 1.165) is 19.4 Å². The maximum atomic E-state index is 10.6. The number of hydrogen-bond donors (Lipinski definition) is 2. The molecule has 0 saturated carbocycles. The molecule has 0 radical (unpaired) electrons. The molecule has 0 aromatic heterocycles. The molecule has 6 nitrogen and oxygen atoms in total. The number of amidine groups is 1. The van der Waals surface area contributed by atoms with E-state index in [1.165, 1.54) is 0 Å². The Labute approximate surface area is 154 Å². The second kappa shape index (κ2) is 18.4. The number of benzene rings is 1. The molecule has 0 aliphatic rings. The van der Waals surface area contributed by atoms with Gasteiger partial charge in [-0.05, 0) is 26.2 Å². The van der Waals surface area contributed by atoms with E-state index >= 15 is 0 Å². The van der Waals surface area contributed by atoms with E-state index in [9.17, 15) is 4.79 Å².